The zero-order valence-corrected chi connectivity index (χ0v) is 11.4. The highest BCUT2D eigenvalue weighted by atomic mass is 35.5. The molecule has 0 spiro atoms. The summed E-state index contributed by atoms with van der Waals surface area (Å²) >= 11 is 6.22. The number of hydrogen-bond acceptors (Lipinski definition) is 2. The molecule has 0 bridgehead atoms. The number of nitrogens with one attached hydrogen (secondary N) is 1. The molecule has 1 heterocycles. The lowest BCUT2D eigenvalue weighted by atomic mass is 10.00. The molecule has 1 N–H and O–H groups in total. The molecule has 94 valence electrons. The fraction of sp³-hybridized carbons (Fsp3) is 0.267. The second kappa shape index (κ2) is 5.98. The van der Waals surface area contributed by atoms with E-state index in [9.17, 15) is 0 Å². The van der Waals surface area contributed by atoms with Crippen LogP contribution < -0.4 is 5.32 Å². The van der Waals surface area contributed by atoms with Crippen LogP contribution in [0.25, 0.3) is 0 Å². The van der Waals surface area contributed by atoms with E-state index in [1.165, 1.54) is 11.1 Å². The molecule has 1 aromatic carbocycles. The minimum atomic E-state index is 0.0326. The smallest absolute Gasteiger partial charge is 0.0804 e. The van der Waals surface area contributed by atoms with Gasteiger partial charge in [0.2, 0.25) is 0 Å². The predicted molar refractivity (Wildman–Crippen MR) is 76.0 cm³/mol. The summed E-state index contributed by atoms with van der Waals surface area (Å²) in [5.74, 6) is 0. The van der Waals surface area contributed by atoms with Crippen LogP contribution in [0.5, 0.6) is 0 Å². The van der Waals surface area contributed by atoms with E-state index in [1.807, 2.05) is 19.2 Å². The second-order valence-corrected chi connectivity index (χ2v) is 4.60. The van der Waals surface area contributed by atoms with Crippen LogP contribution in [0.2, 0.25) is 5.02 Å². The van der Waals surface area contributed by atoms with Gasteiger partial charge >= 0.3 is 0 Å². The van der Waals surface area contributed by atoms with Crippen molar-refractivity contribution in [1.29, 1.82) is 0 Å². The molecule has 0 aliphatic carbocycles. The van der Waals surface area contributed by atoms with Crippen molar-refractivity contribution in [3.8, 4) is 0 Å². The minimum Gasteiger partial charge on any atom is -0.308 e. The summed E-state index contributed by atoms with van der Waals surface area (Å²) in [6.07, 6.45) is 2.80. The van der Waals surface area contributed by atoms with Gasteiger partial charge < -0.3 is 5.32 Å². The van der Waals surface area contributed by atoms with Gasteiger partial charge in [0.05, 0.1) is 16.8 Å². The summed E-state index contributed by atoms with van der Waals surface area (Å²) in [5, 5.41) is 3.97. The van der Waals surface area contributed by atoms with Gasteiger partial charge in [0.1, 0.15) is 0 Å². The minimum absolute atomic E-state index is 0.0326. The number of benzene rings is 1. The standard InChI is InChI=1S/C15H17ClN2/c1-3-11-6-4-7-12(10-11)14(17-2)15-13(16)8-5-9-18-15/h4-10,14,17H,3H2,1-2H3. The van der Waals surface area contributed by atoms with Crippen LogP contribution >= 0.6 is 11.6 Å². The lowest BCUT2D eigenvalue weighted by Gasteiger charge is -2.18. The summed E-state index contributed by atoms with van der Waals surface area (Å²) in [6.45, 7) is 2.15. The number of aromatic nitrogens is 1. The molecular weight excluding hydrogens is 244 g/mol. The summed E-state index contributed by atoms with van der Waals surface area (Å²) < 4.78 is 0. The van der Waals surface area contributed by atoms with Crippen molar-refractivity contribution in [2.24, 2.45) is 0 Å². The first-order valence-corrected chi connectivity index (χ1v) is 6.50. The van der Waals surface area contributed by atoms with Crippen molar-refractivity contribution in [2.75, 3.05) is 7.05 Å². The van der Waals surface area contributed by atoms with Crippen LogP contribution in [-0.4, -0.2) is 12.0 Å². The SMILES string of the molecule is CCc1cccc(C(NC)c2ncccc2Cl)c1. The third-order valence-corrected chi connectivity index (χ3v) is 3.36. The molecule has 0 amide bonds. The molecular formula is C15H17ClN2. The molecule has 0 aliphatic heterocycles. The van der Waals surface area contributed by atoms with Gasteiger partial charge in [0, 0.05) is 6.20 Å². The quantitative estimate of drug-likeness (QED) is 0.909. The third kappa shape index (κ3) is 2.71. The van der Waals surface area contributed by atoms with Crippen LogP contribution in [0.4, 0.5) is 0 Å². The van der Waals surface area contributed by atoms with E-state index in [4.69, 9.17) is 11.6 Å². The Hall–Kier alpha value is -1.38. The van der Waals surface area contributed by atoms with E-state index >= 15 is 0 Å². The lowest BCUT2D eigenvalue weighted by Crippen LogP contribution is -2.19. The van der Waals surface area contributed by atoms with Gasteiger partial charge in [-0.15, -0.1) is 0 Å². The normalized spacial score (nSPS) is 12.4. The van der Waals surface area contributed by atoms with E-state index in [0.717, 1.165) is 12.1 Å². The Morgan fingerprint density at radius 3 is 2.78 bits per heavy atom. The van der Waals surface area contributed by atoms with Gasteiger partial charge in [-0.2, -0.15) is 0 Å². The van der Waals surface area contributed by atoms with E-state index in [2.05, 4.69) is 41.5 Å². The van der Waals surface area contributed by atoms with E-state index in [0.29, 0.717) is 5.02 Å². The third-order valence-electron chi connectivity index (χ3n) is 3.04. The van der Waals surface area contributed by atoms with E-state index in [-0.39, 0.29) is 6.04 Å². The van der Waals surface area contributed by atoms with Crippen molar-refractivity contribution >= 4 is 11.6 Å². The number of nitrogens with zero attached hydrogens (tertiary/aromatic N) is 1. The summed E-state index contributed by atoms with van der Waals surface area (Å²) in [7, 11) is 1.92. The second-order valence-electron chi connectivity index (χ2n) is 4.19. The van der Waals surface area contributed by atoms with Crippen LogP contribution in [0.3, 0.4) is 0 Å². The maximum atomic E-state index is 6.22. The molecule has 0 saturated carbocycles. The molecule has 2 aromatic rings. The fourth-order valence-corrected chi connectivity index (χ4v) is 2.29. The Bertz CT molecular complexity index is 525. The average molecular weight is 261 g/mol. The van der Waals surface area contributed by atoms with Crippen LogP contribution in [0.15, 0.2) is 42.6 Å². The molecule has 2 nitrogen and oxygen atoms in total. The lowest BCUT2D eigenvalue weighted by molar-refractivity contribution is 0.670. The first-order chi connectivity index (χ1) is 8.76. The van der Waals surface area contributed by atoms with Crippen molar-refractivity contribution < 1.29 is 0 Å². The Morgan fingerprint density at radius 1 is 1.28 bits per heavy atom. The highest BCUT2D eigenvalue weighted by Gasteiger charge is 2.16. The monoisotopic (exact) mass is 260 g/mol. The van der Waals surface area contributed by atoms with E-state index < -0.39 is 0 Å². The van der Waals surface area contributed by atoms with Gasteiger partial charge in [0.25, 0.3) is 0 Å². The van der Waals surface area contributed by atoms with Crippen LogP contribution in [0.1, 0.15) is 29.8 Å². The molecule has 2 rings (SSSR count). The fourth-order valence-electron chi connectivity index (χ4n) is 2.06. The Morgan fingerprint density at radius 2 is 2.11 bits per heavy atom. The molecule has 18 heavy (non-hydrogen) atoms. The van der Waals surface area contributed by atoms with Crippen LogP contribution in [-0.2, 0) is 6.42 Å². The summed E-state index contributed by atoms with van der Waals surface area (Å²) in [6, 6.07) is 12.3. The van der Waals surface area contributed by atoms with Crippen molar-refractivity contribution in [3.05, 3.63) is 64.4 Å². The highest BCUT2D eigenvalue weighted by molar-refractivity contribution is 6.31. The number of rotatable bonds is 4. The van der Waals surface area contributed by atoms with E-state index in [1.54, 1.807) is 6.20 Å². The van der Waals surface area contributed by atoms with Crippen LogP contribution in [0, 0.1) is 0 Å². The van der Waals surface area contributed by atoms with Crippen molar-refractivity contribution in [2.45, 2.75) is 19.4 Å². The number of pyridine rings is 1. The number of hydrogen-bond donors (Lipinski definition) is 1. The molecule has 1 atom stereocenters. The largest absolute Gasteiger partial charge is 0.308 e. The number of aryl methyl sites for hydroxylation is 1. The summed E-state index contributed by atoms with van der Waals surface area (Å²) in [5.41, 5.74) is 3.38. The molecule has 0 saturated heterocycles. The molecule has 3 heteroatoms. The topological polar surface area (TPSA) is 24.9 Å². The Labute approximate surface area is 113 Å². The predicted octanol–water partition coefficient (Wildman–Crippen LogP) is 3.61. The van der Waals surface area contributed by atoms with Gasteiger partial charge in [-0.1, -0.05) is 42.8 Å². The van der Waals surface area contributed by atoms with Gasteiger partial charge in [-0.05, 0) is 36.7 Å². The number of halogens is 1. The highest BCUT2D eigenvalue weighted by Crippen LogP contribution is 2.26. The van der Waals surface area contributed by atoms with Crippen molar-refractivity contribution in [1.82, 2.24) is 10.3 Å². The molecule has 0 aliphatic rings. The molecule has 1 unspecified atom stereocenters. The van der Waals surface area contributed by atoms with Gasteiger partial charge in [-0.3, -0.25) is 4.98 Å². The molecule has 0 fully saturated rings. The first kappa shape index (κ1) is 13.1. The average Bonchev–Trinajstić information content (AvgIpc) is 2.42. The zero-order chi connectivity index (χ0) is 13.0. The molecule has 0 radical (unpaired) electrons. The van der Waals surface area contributed by atoms with Gasteiger partial charge in [0.15, 0.2) is 0 Å². The molecule has 1 aromatic heterocycles. The maximum absolute atomic E-state index is 6.22. The maximum Gasteiger partial charge on any atom is 0.0804 e. The first-order valence-electron chi connectivity index (χ1n) is 6.12. The Balaban J connectivity index is 2.42. The van der Waals surface area contributed by atoms with Crippen molar-refractivity contribution in [3.63, 3.8) is 0 Å². The summed E-state index contributed by atoms with van der Waals surface area (Å²) in [4.78, 5) is 4.39. The Kier molecular flexibility index (Phi) is 4.34. The van der Waals surface area contributed by atoms with Gasteiger partial charge in [-0.25, -0.2) is 0 Å². The zero-order valence-electron chi connectivity index (χ0n) is 10.7.